The topological polar surface area (TPSA) is 34.5 Å². The third kappa shape index (κ3) is 6.12. The van der Waals surface area contributed by atoms with Crippen LogP contribution in [0.5, 0.6) is 0 Å². The van der Waals surface area contributed by atoms with Gasteiger partial charge in [-0.2, -0.15) is 13.2 Å². The predicted octanol–water partition coefficient (Wildman–Crippen LogP) is 5.50. The van der Waals surface area contributed by atoms with Gasteiger partial charge in [0.25, 0.3) is 5.91 Å². The van der Waals surface area contributed by atoms with Crippen molar-refractivity contribution in [2.45, 2.75) is 19.3 Å². The van der Waals surface area contributed by atoms with Crippen molar-refractivity contribution in [3.63, 3.8) is 0 Å². The van der Waals surface area contributed by atoms with Crippen LogP contribution in [0.3, 0.4) is 0 Å². The molecule has 0 aliphatic heterocycles. The first-order valence-corrected chi connectivity index (χ1v) is 9.99. The van der Waals surface area contributed by atoms with Crippen molar-refractivity contribution in [3.8, 4) is 0 Å². The molecule has 0 unspecified atom stereocenters. The van der Waals surface area contributed by atoms with E-state index in [1.54, 1.807) is 6.07 Å². The van der Waals surface area contributed by atoms with Crippen LogP contribution >= 0.6 is 11.6 Å². The van der Waals surface area contributed by atoms with Crippen molar-refractivity contribution in [1.82, 2.24) is 9.47 Å². The second-order valence-electron chi connectivity index (χ2n) is 7.06. The number of carbonyl (C=O) groups excluding carboxylic acids is 1. The number of hydrogen-bond donors (Lipinski definition) is 0. The Bertz CT molecular complexity index is 1030. The zero-order chi connectivity index (χ0) is 22.4. The lowest BCUT2D eigenvalue weighted by molar-refractivity contribution is -0.137. The number of hydrogen-bond acceptors (Lipinski definition) is 2. The van der Waals surface area contributed by atoms with Gasteiger partial charge in [-0.05, 0) is 48.0 Å². The first-order chi connectivity index (χ1) is 14.8. The van der Waals surface area contributed by atoms with Crippen molar-refractivity contribution >= 4 is 17.5 Å². The van der Waals surface area contributed by atoms with E-state index in [2.05, 4.69) is 0 Å². The highest BCUT2D eigenvalue weighted by Gasteiger charge is 2.31. The molecule has 31 heavy (non-hydrogen) atoms. The molecular weight excluding hydrogens is 429 g/mol. The number of ether oxygens (including phenoxy) is 1. The molecule has 0 aliphatic carbocycles. The molecule has 0 atom stereocenters. The monoisotopic (exact) mass is 450 g/mol. The SMILES string of the molecule is COCCN(Cc1cccn1Cc1cccc(Cl)c1)C(=O)c1cccc(C(F)(F)F)c1. The van der Waals surface area contributed by atoms with Crippen LogP contribution in [-0.4, -0.2) is 35.6 Å². The average molecular weight is 451 g/mol. The van der Waals surface area contributed by atoms with E-state index in [-0.39, 0.29) is 25.3 Å². The molecule has 0 saturated heterocycles. The molecule has 0 aliphatic rings. The maximum Gasteiger partial charge on any atom is 0.416 e. The summed E-state index contributed by atoms with van der Waals surface area (Å²) >= 11 is 6.06. The first kappa shape index (κ1) is 22.9. The van der Waals surface area contributed by atoms with Gasteiger partial charge < -0.3 is 14.2 Å². The van der Waals surface area contributed by atoms with Crippen molar-refractivity contribution in [2.75, 3.05) is 20.3 Å². The zero-order valence-electron chi connectivity index (χ0n) is 16.9. The van der Waals surface area contributed by atoms with Gasteiger partial charge >= 0.3 is 6.18 Å². The summed E-state index contributed by atoms with van der Waals surface area (Å²) in [5.41, 5.74) is 0.974. The van der Waals surface area contributed by atoms with Crippen molar-refractivity contribution in [2.24, 2.45) is 0 Å². The van der Waals surface area contributed by atoms with E-state index >= 15 is 0 Å². The highest BCUT2D eigenvalue weighted by atomic mass is 35.5. The molecule has 3 rings (SSSR count). The van der Waals surface area contributed by atoms with Crippen LogP contribution in [0, 0.1) is 0 Å². The Kier molecular flexibility index (Phi) is 7.41. The van der Waals surface area contributed by atoms with Crippen LogP contribution in [-0.2, 0) is 24.0 Å². The van der Waals surface area contributed by atoms with Crippen LogP contribution in [0.15, 0.2) is 66.9 Å². The lowest BCUT2D eigenvalue weighted by Crippen LogP contribution is -2.34. The average Bonchev–Trinajstić information content (AvgIpc) is 3.16. The Hall–Kier alpha value is -2.77. The Labute approximate surface area is 183 Å². The smallest absolute Gasteiger partial charge is 0.383 e. The summed E-state index contributed by atoms with van der Waals surface area (Å²) in [4.78, 5) is 14.5. The summed E-state index contributed by atoms with van der Waals surface area (Å²) in [5.74, 6) is -0.487. The molecule has 4 nitrogen and oxygen atoms in total. The van der Waals surface area contributed by atoms with Gasteiger partial charge in [0.15, 0.2) is 0 Å². The second kappa shape index (κ2) is 10.0. The van der Waals surface area contributed by atoms with Crippen LogP contribution in [0.1, 0.15) is 27.2 Å². The van der Waals surface area contributed by atoms with E-state index in [1.807, 2.05) is 41.1 Å². The Morgan fingerprint density at radius 2 is 1.87 bits per heavy atom. The lowest BCUT2D eigenvalue weighted by Gasteiger charge is -2.24. The number of aromatic nitrogens is 1. The molecule has 8 heteroatoms. The van der Waals surface area contributed by atoms with E-state index < -0.39 is 17.6 Å². The molecule has 0 bridgehead atoms. The number of benzene rings is 2. The number of alkyl halides is 3. The minimum Gasteiger partial charge on any atom is -0.383 e. The lowest BCUT2D eigenvalue weighted by atomic mass is 10.1. The Morgan fingerprint density at radius 3 is 2.58 bits per heavy atom. The summed E-state index contributed by atoms with van der Waals surface area (Å²) in [5, 5.41) is 0.632. The number of methoxy groups -OCH3 is 1. The van der Waals surface area contributed by atoms with E-state index in [0.29, 0.717) is 11.6 Å². The largest absolute Gasteiger partial charge is 0.416 e. The van der Waals surface area contributed by atoms with Crippen LogP contribution in [0.2, 0.25) is 5.02 Å². The standard InChI is InChI=1S/C23H22ClF3N2O2/c1-31-12-11-29(22(30)18-6-3-7-19(14-18)23(25,26)27)16-21-9-4-10-28(21)15-17-5-2-8-20(24)13-17/h2-10,13-14H,11-12,15-16H2,1H3. The number of amides is 1. The molecular formula is C23H22ClF3N2O2. The molecule has 164 valence electrons. The van der Waals surface area contributed by atoms with Gasteiger partial charge in [0.05, 0.1) is 18.7 Å². The molecule has 1 heterocycles. The molecule has 0 spiro atoms. The van der Waals surface area contributed by atoms with Gasteiger partial charge in [-0.1, -0.05) is 29.8 Å². The molecule has 0 fully saturated rings. The molecule has 1 aromatic heterocycles. The van der Waals surface area contributed by atoms with Gasteiger partial charge in [0, 0.05) is 42.7 Å². The summed E-state index contributed by atoms with van der Waals surface area (Å²) in [7, 11) is 1.51. The maximum absolute atomic E-state index is 13.1. The molecule has 0 N–H and O–H groups in total. The van der Waals surface area contributed by atoms with E-state index in [0.717, 1.165) is 23.4 Å². The first-order valence-electron chi connectivity index (χ1n) is 9.62. The minimum absolute atomic E-state index is 0.0149. The third-order valence-electron chi connectivity index (χ3n) is 4.81. The van der Waals surface area contributed by atoms with Crippen molar-refractivity contribution in [1.29, 1.82) is 0 Å². The van der Waals surface area contributed by atoms with Gasteiger partial charge in [0.2, 0.25) is 0 Å². The fourth-order valence-electron chi connectivity index (χ4n) is 3.24. The summed E-state index contributed by atoms with van der Waals surface area (Å²) in [6.07, 6.45) is -2.63. The molecule has 0 radical (unpaired) electrons. The van der Waals surface area contributed by atoms with Gasteiger partial charge in [-0.25, -0.2) is 0 Å². The maximum atomic E-state index is 13.1. The summed E-state index contributed by atoms with van der Waals surface area (Å²) in [6.45, 7) is 1.29. The number of carbonyl (C=O) groups is 1. The van der Waals surface area contributed by atoms with E-state index in [1.165, 1.54) is 24.1 Å². The third-order valence-corrected chi connectivity index (χ3v) is 5.04. The summed E-state index contributed by atoms with van der Waals surface area (Å²) in [6, 6.07) is 15.7. The highest BCUT2D eigenvalue weighted by molar-refractivity contribution is 6.30. The van der Waals surface area contributed by atoms with Crippen molar-refractivity contribution in [3.05, 3.63) is 94.3 Å². The number of halogens is 4. The van der Waals surface area contributed by atoms with E-state index in [9.17, 15) is 18.0 Å². The highest BCUT2D eigenvalue weighted by Crippen LogP contribution is 2.30. The number of nitrogens with zero attached hydrogens (tertiary/aromatic N) is 2. The van der Waals surface area contributed by atoms with Crippen molar-refractivity contribution < 1.29 is 22.7 Å². The molecule has 0 saturated carbocycles. The quantitative estimate of drug-likeness (QED) is 0.454. The summed E-state index contributed by atoms with van der Waals surface area (Å²) < 4.78 is 46.3. The zero-order valence-corrected chi connectivity index (χ0v) is 17.7. The van der Waals surface area contributed by atoms with Gasteiger partial charge in [0.1, 0.15) is 0 Å². The van der Waals surface area contributed by atoms with Crippen LogP contribution in [0.4, 0.5) is 13.2 Å². The molecule has 1 amide bonds. The van der Waals surface area contributed by atoms with Crippen LogP contribution < -0.4 is 0 Å². The molecule has 3 aromatic rings. The van der Waals surface area contributed by atoms with E-state index in [4.69, 9.17) is 16.3 Å². The predicted molar refractivity (Wildman–Crippen MR) is 113 cm³/mol. The number of rotatable bonds is 8. The Morgan fingerprint density at radius 1 is 1.10 bits per heavy atom. The second-order valence-corrected chi connectivity index (χ2v) is 7.49. The van der Waals surface area contributed by atoms with Gasteiger partial charge in [-0.3, -0.25) is 4.79 Å². The Balaban J connectivity index is 1.83. The molecule has 2 aromatic carbocycles. The fourth-order valence-corrected chi connectivity index (χ4v) is 3.45. The van der Waals surface area contributed by atoms with Crippen LogP contribution in [0.25, 0.3) is 0 Å². The minimum atomic E-state index is -4.51. The van der Waals surface area contributed by atoms with Gasteiger partial charge in [-0.15, -0.1) is 0 Å². The fraction of sp³-hybridized carbons (Fsp3) is 0.261. The normalized spacial score (nSPS) is 11.5.